The van der Waals surface area contributed by atoms with Crippen molar-refractivity contribution in [3.05, 3.63) is 67.1 Å². The second-order valence-electron chi connectivity index (χ2n) is 3.71. The van der Waals surface area contributed by atoms with Crippen LogP contribution in [0, 0.1) is 13.0 Å². The van der Waals surface area contributed by atoms with Gasteiger partial charge in [-0.05, 0) is 0 Å². The van der Waals surface area contributed by atoms with Gasteiger partial charge in [0.1, 0.15) is 0 Å². The van der Waals surface area contributed by atoms with Gasteiger partial charge in [0, 0.05) is 0 Å². The second kappa shape index (κ2) is 7.37. The SMILES string of the molecule is Fc1ccc([I-]CC(I)c2ccccc2I)cc1. The first-order chi connectivity index (χ1) is 8.66. The zero-order valence-electron chi connectivity index (χ0n) is 9.42. The summed E-state index contributed by atoms with van der Waals surface area (Å²) in [7, 11) is 0. The second-order valence-corrected chi connectivity index (χ2v) is 9.27. The van der Waals surface area contributed by atoms with Gasteiger partial charge in [-0.25, -0.2) is 0 Å². The third-order valence-electron chi connectivity index (χ3n) is 2.41. The zero-order chi connectivity index (χ0) is 13.0. The molecule has 0 nitrogen and oxygen atoms in total. The van der Waals surface area contributed by atoms with Gasteiger partial charge in [0.15, 0.2) is 0 Å². The Kier molecular flexibility index (Phi) is 6.13. The average Bonchev–Trinajstić information content (AvgIpc) is 2.38. The molecule has 0 saturated heterocycles. The van der Waals surface area contributed by atoms with Gasteiger partial charge in [-0.3, -0.25) is 0 Å². The van der Waals surface area contributed by atoms with Crippen LogP contribution in [0.4, 0.5) is 4.39 Å². The molecule has 2 aromatic carbocycles. The molecule has 0 aromatic heterocycles. The predicted octanol–water partition coefficient (Wildman–Crippen LogP) is 1.87. The van der Waals surface area contributed by atoms with Crippen LogP contribution in [0.1, 0.15) is 9.49 Å². The Morgan fingerprint density at radius 1 is 1.06 bits per heavy atom. The molecule has 1 atom stereocenters. The number of alkyl halides is 2. The van der Waals surface area contributed by atoms with Crippen LogP contribution in [-0.4, -0.2) is 4.43 Å². The molecule has 0 radical (unpaired) electrons. The summed E-state index contributed by atoms with van der Waals surface area (Å²) >= 11 is 4.86. The molecule has 0 amide bonds. The van der Waals surface area contributed by atoms with Crippen molar-refractivity contribution in [2.45, 2.75) is 3.92 Å². The van der Waals surface area contributed by atoms with E-state index in [-0.39, 0.29) is 27.0 Å². The van der Waals surface area contributed by atoms with E-state index in [2.05, 4.69) is 69.4 Å². The summed E-state index contributed by atoms with van der Waals surface area (Å²) in [4.78, 5) is 0. The van der Waals surface area contributed by atoms with E-state index in [0.29, 0.717) is 3.92 Å². The van der Waals surface area contributed by atoms with E-state index in [4.69, 9.17) is 0 Å². The fraction of sp³-hybridized carbons (Fsp3) is 0.143. The van der Waals surface area contributed by atoms with Crippen molar-refractivity contribution in [3.8, 4) is 0 Å². The predicted molar refractivity (Wildman–Crippen MR) is 85.9 cm³/mol. The first-order valence-corrected chi connectivity index (χ1v) is 10.3. The standard InChI is InChI=1S/C14H11FI3/c15-10-5-7-11(8-6-10)18-9-14(17)12-3-1-2-4-13(12)16/h1-8,14H,9H2/q-1. The topological polar surface area (TPSA) is 0 Å². The third kappa shape index (κ3) is 4.29. The number of benzene rings is 2. The Morgan fingerprint density at radius 2 is 1.72 bits per heavy atom. The third-order valence-corrected chi connectivity index (χ3v) is 9.11. The number of hydrogen-bond donors (Lipinski definition) is 0. The van der Waals surface area contributed by atoms with Crippen molar-refractivity contribution in [1.82, 2.24) is 0 Å². The van der Waals surface area contributed by atoms with Gasteiger partial charge in [-0.2, -0.15) is 0 Å². The number of rotatable bonds is 4. The molecule has 18 heavy (non-hydrogen) atoms. The summed E-state index contributed by atoms with van der Waals surface area (Å²) in [5, 5.41) is 0. The quantitative estimate of drug-likeness (QED) is 0.384. The number of halogens is 4. The van der Waals surface area contributed by atoms with Crippen LogP contribution in [0.25, 0.3) is 0 Å². The molecule has 0 bridgehead atoms. The van der Waals surface area contributed by atoms with Gasteiger partial charge >= 0.3 is 146 Å². The zero-order valence-corrected chi connectivity index (χ0v) is 15.9. The van der Waals surface area contributed by atoms with Crippen LogP contribution < -0.4 is 21.2 Å². The van der Waals surface area contributed by atoms with Crippen molar-refractivity contribution in [2.24, 2.45) is 0 Å². The van der Waals surface area contributed by atoms with E-state index in [0.717, 1.165) is 0 Å². The van der Waals surface area contributed by atoms with E-state index in [1.54, 1.807) is 12.1 Å². The van der Waals surface area contributed by atoms with E-state index >= 15 is 0 Å². The van der Waals surface area contributed by atoms with Crippen LogP contribution in [-0.2, 0) is 0 Å². The van der Waals surface area contributed by atoms with Crippen LogP contribution in [0.15, 0.2) is 48.5 Å². The molecule has 0 aliphatic heterocycles. The fourth-order valence-electron chi connectivity index (χ4n) is 1.49. The Balaban J connectivity index is 1.98. The van der Waals surface area contributed by atoms with Crippen LogP contribution >= 0.6 is 45.2 Å². The molecule has 0 N–H and O–H groups in total. The molecule has 0 aliphatic rings. The monoisotopic (exact) mass is 579 g/mol. The summed E-state index contributed by atoms with van der Waals surface area (Å²) in [6.07, 6.45) is 0. The van der Waals surface area contributed by atoms with E-state index < -0.39 is 0 Å². The normalized spacial score (nSPS) is 12.6. The Morgan fingerprint density at radius 3 is 2.39 bits per heavy atom. The molecule has 0 aliphatic carbocycles. The van der Waals surface area contributed by atoms with Gasteiger partial charge in [-0.15, -0.1) is 0 Å². The molecule has 4 heteroatoms. The summed E-state index contributed by atoms with van der Waals surface area (Å²) in [6, 6.07) is 15.5. The first kappa shape index (κ1) is 15.0. The minimum atomic E-state index is -0.147. The van der Waals surface area contributed by atoms with E-state index in [9.17, 15) is 4.39 Å². The molecule has 0 fully saturated rings. The molecule has 0 spiro atoms. The van der Waals surface area contributed by atoms with Crippen LogP contribution in [0.5, 0.6) is 0 Å². The minimum absolute atomic E-state index is 0.0424. The molecule has 96 valence electrons. The molecule has 0 heterocycles. The van der Waals surface area contributed by atoms with Crippen molar-refractivity contribution in [1.29, 1.82) is 0 Å². The van der Waals surface area contributed by atoms with Crippen LogP contribution in [0.3, 0.4) is 0 Å². The first-order valence-electron chi connectivity index (χ1n) is 5.40. The van der Waals surface area contributed by atoms with Crippen molar-refractivity contribution < 1.29 is 25.6 Å². The van der Waals surface area contributed by atoms with Gasteiger partial charge in [0.2, 0.25) is 0 Å². The van der Waals surface area contributed by atoms with Gasteiger partial charge in [0.25, 0.3) is 0 Å². The van der Waals surface area contributed by atoms with Gasteiger partial charge in [0.05, 0.1) is 0 Å². The van der Waals surface area contributed by atoms with Gasteiger partial charge in [-0.1, -0.05) is 0 Å². The summed E-state index contributed by atoms with van der Waals surface area (Å²) < 4.78 is 17.2. The average molecular weight is 579 g/mol. The van der Waals surface area contributed by atoms with Crippen LogP contribution in [0.2, 0.25) is 0 Å². The fourth-order valence-corrected chi connectivity index (χ4v) is 6.74. The molecular formula is C14H11FI3-. The van der Waals surface area contributed by atoms with Crippen molar-refractivity contribution >= 4 is 45.2 Å². The molecule has 1 unspecified atom stereocenters. The van der Waals surface area contributed by atoms with Gasteiger partial charge < -0.3 is 0 Å². The van der Waals surface area contributed by atoms with Crippen molar-refractivity contribution in [3.63, 3.8) is 0 Å². The Hall–Kier alpha value is 0.560. The summed E-state index contributed by atoms with van der Waals surface area (Å²) in [5.74, 6) is -0.147. The summed E-state index contributed by atoms with van der Waals surface area (Å²) in [6.45, 7) is 0. The molecular weight excluding hydrogens is 568 g/mol. The maximum absolute atomic E-state index is 12.8. The molecule has 0 saturated carbocycles. The van der Waals surface area contributed by atoms with E-state index in [1.165, 1.54) is 17.1 Å². The Bertz CT molecular complexity index is 511. The number of hydrogen-bond acceptors (Lipinski definition) is 0. The maximum atomic E-state index is 12.8. The molecule has 2 aromatic rings. The summed E-state index contributed by atoms with van der Waals surface area (Å²) in [5.41, 5.74) is 1.42. The van der Waals surface area contributed by atoms with E-state index in [1.807, 2.05) is 12.1 Å². The Labute approximate surface area is 144 Å². The molecule has 2 rings (SSSR count). The van der Waals surface area contributed by atoms with Crippen molar-refractivity contribution in [2.75, 3.05) is 4.43 Å².